The molecule has 102 valence electrons. The molecule has 0 radical (unpaired) electrons. The molecule has 0 fully saturated rings. The zero-order valence-electron chi connectivity index (χ0n) is 11.3. The SMILES string of the molecule is CCC(Br)c1cn(CCCCc2ccccc2)nn1. The first kappa shape index (κ1) is 14.3. The van der Waals surface area contributed by atoms with Crippen molar-refractivity contribution in [3.8, 4) is 0 Å². The van der Waals surface area contributed by atoms with E-state index in [1.807, 2.05) is 10.9 Å². The molecule has 2 rings (SSSR count). The van der Waals surface area contributed by atoms with Crippen molar-refractivity contribution in [2.75, 3.05) is 0 Å². The minimum Gasteiger partial charge on any atom is -0.252 e. The van der Waals surface area contributed by atoms with Gasteiger partial charge in [0.2, 0.25) is 0 Å². The van der Waals surface area contributed by atoms with Crippen molar-refractivity contribution >= 4 is 15.9 Å². The summed E-state index contributed by atoms with van der Waals surface area (Å²) in [6, 6.07) is 10.6. The Balaban J connectivity index is 1.72. The summed E-state index contributed by atoms with van der Waals surface area (Å²) >= 11 is 3.59. The van der Waals surface area contributed by atoms with Crippen molar-refractivity contribution in [3.63, 3.8) is 0 Å². The molecule has 0 amide bonds. The van der Waals surface area contributed by atoms with Crippen molar-refractivity contribution < 1.29 is 0 Å². The van der Waals surface area contributed by atoms with Crippen LogP contribution in [0.1, 0.15) is 42.3 Å². The molecule has 1 heterocycles. The molecule has 1 unspecified atom stereocenters. The van der Waals surface area contributed by atoms with E-state index in [1.165, 1.54) is 12.0 Å². The van der Waals surface area contributed by atoms with E-state index in [0.717, 1.165) is 31.5 Å². The quantitative estimate of drug-likeness (QED) is 0.566. The zero-order chi connectivity index (χ0) is 13.5. The molecule has 1 aromatic carbocycles. The monoisotopic (exact) mass is 321 g/mol. The predicted octanol–water partition coefficient (Wildman–Crippen LogP) is 4.15. The molecule has 0 spiro atoms. The number of hydrogen-bond donors (Lipinski definition) is 0. The molecule has 3 nitrogen and oxygen atoms in total. The van der Waals surface area contributed by atoms with Crippen LogP contribution in [0, 0.1) is 0 Å². The lowest BCUT2D eigenvalue weighted by Crippen LogP contribution is -1.99. The van der Waals surface area contributed by atoms with Crippen LogP contribution in [-0.2, 0) is 13.0 Å². The molecule has 1 aromatic heterocycles. The first-order valence-electron chi connectivity index (χ1n) is 6.87. The summed E-state index contributed by atoms with van der Waals surface area (Å²) in [5.74, 6) is 0. The fraction of sp³-hybridized carbons (Fsp3) is 0.467. The normalized spacial score (nSPS) is 12.5. The largest absolute Gasteiger partial charge is 0.252 e. The summed E-state index contributed by atoms with van der Waals surface area (Å²) in [6.07, 6.45) is 6.54. The summed E-state index contributed by atoms with van der Waals surface area (Å²) in [5.41, 5.74) is 2.44. The summed E-state index contributed by atoms with van der Waals surface area (Å²) in [5, 5.41) is 8.36. The fourth-order valence-corrected chi connectivity index (χ4v) is 2.23. The molecule has 19 heavy (non-hydrogen) atoms. The van der Waals surface area contributed by atoms with E-state index in [4.69, 9.17) is 0 Å². The first-order valence-corrected chi connectivity index (χ1v) is 7.79. The van der Waals surface area contributed by atoms with Crippen LogP contribution < -0.4 is 0 Å². The van der Waals surface area contributed by atoms with Crippen molar-refractivity contribution in [2.24, 2.45) is 0 Å². The predicted molar refractivity (Wildman–Crippen MR) is 81.4 cm³/mol. The third-order valence-electron chi connectivity index (χ3n) is 3.18. The topological polar surface area (TPSA) is 30.7 Å². The number of alkyl halides is 1. The van der Waals surface area contributed by atoms with Gasteiger partial charge in [0.1, 0.15) is 0 Å². The van der Waals surface area contributed by atoms with Gasteiger partial charge in [-0.15, -0.1) is 5.10 Å². The second-order valence-corrected chi connectivity index (χ2v) is 5.83. The first-order chi connectivity index (χ1) is 9.29. The summed E-state index contributed by atoms with van der Waals surface area (Å²) in [6.45, 7) is 3.08. The van der Waals surface area contributed by atoms with Gasteiger partial charge in [-0.1, -0.05) is 58.4 Å². The minimum absolute atomic E-state index is 0.325. The van der Waals surface area contributed by atoms with Crippen LogP contribution in [0.25, 0.3) is 0 Å². The Bertz CT molecular complexity index is 481. The van der Waals surface area contributed by atoms with E-state index < -0.39 is 0 Å². The molecule has 0 aliphatic rings. The molecule has 0 aliphatic carbocycles. The highest BCUT2D eigenvalue weighted by Crippen LogP contribution is 2.23. The van der Waals surface area contributed by atoms with Crippen molar-refractivity contribution in [1.29, 1.82) is 0 Å². The Morgan fingerprint density at radius 3 is 2.74 bits per heavy atom. The molecular formula is C15H20BrN3. The van der Waals surface area contributed by atoms with Crippen LogP contribution in [-0.4, -0.2) is 15.0 Å². The standard InChI is InChI=1S/C15H20BrN3/c1-2-14(16)15-12-19(18-17-15)11-7-6-10-13-8-4-3-5-9-13/h3-5,8-9,12,14H,2,6-7,10-11H2,1H3. The number of benzene rings is 1. The van der Waals surface area contributed by atoms with E-state index >= 15 is 0 Å². The van der Waals surface area contributed by atoms with Gasteiger partial charge in [0, 0.05) is 12.7 Å². The van der Waals surface area contributed by atoms with Crippen molar-refractivity contribution in [1.82, 2.24) is 15.0 Å². The van der Waals surface area contributed by atoms with Crippen LogP contribution in [0.2, 0.25) is 0 Å². The Labute approximate surface area is 123 Å². The molecule has 4 heteroatoms. The summed E-state index contributed by atoms with van der Waals surface area (Å²) in [4.78, 5) is 0.325. The van der Waals surface area contributed by atoms with Crippen LogP contribution in [0.4, 0.5) is 0 Å². The Kier molecular flexibility index (Phi) is 5.58. The van der Waals surface area contributed by atoms with E-state index in [-0.39, 0.29) is 0 Å². The minimum atomic E-state index is 0.325. The van der Waals surface area contributed by atoms with Crippen LogP contribution in [0.15, 0.2) is 36.5 Å². The lowest BCUT2D eigenvalue weighted by atomic mass is 10.1. The third-order valence-corrected chi connectivity index (χ3v) is 4.30. The third kappa shape index (κ3) is 4.46. The maximum atomic E-state index is 4.19. The average Bonchev–Trinajstić information content (AvgIpc) is 2.93. The van der Waals surface area contributed by atoms with Crippen LogP contribution in [0.5, 0.6) is 0 Å². The number of halogens is 1. The fourth-order valence-electron chi connectivity index (χ4n) is 2.02. The number of aryl methyl sites for hydroxylation is 2. The molecule has 0 bridgehead atoms. The van der Waals surface area contributed by atoms with Gasteiger partial charge in [-0.3, -0.25) is 4.68 Å². The van der Waals surface area contributed by atoms with Gasteiger partial charge in [0.15, 0.2) is 0 Å². The molecule has 1 atom stereocenters. The average molecular weight is 322 g/mol. The maximum absolute atomic E-state index is 4.19. The van der Waals surface area contributed by atoms with Crippen LogP contribution in [0.3, 0.4) is 0 Å². The second-order valence-electron chi connectivity index (χ2n) is 4.72. The molecule has 0 aliphatic heterocycles. The number of aromatic nitrogens is 3. The number of hydrogen-bond acceptors (Lipinski definition) is 2. The molecule has 0 N–H and O–H groups in total. The second kappa shape index (κ2) is 7.43. The highest BCUT2D eigenvalue weighted by Gasteiger charge is 2.08. The van der Waals surface area contributed by atoms with Gasteiger partial charge in [-0.05, 0) is 31.2 Å². The van der Waals surface area contributed by atoms with Crippen molar-refractivity contribution in [2.45, 2.75) is 44.0 Å². The number of rotatable bonds is 7. The van der Waals surface area contributed by atoms with Gasteiger partial charge in [0.25, 0.3) is 0 Å². The van der Waals surface area contributed by atoms with Crippen LogP contribution >= 0.6 is 15.9 Å². The summed E-state index contributed by atoms with van der Waals surface area (Å²) < 4.78 is 1.95. The number of unbranched alkanes of at least 4 members (excludes halogenated alkanes) is 1. The van der Waals surface area contributed by atoms with Gasteiger partial charge in [0.05, 0.1) is 10.5 Å². The smallest absolute Gasteiger partial charge is 0.0963 e. The summed E-state index contributed by atoms with van der Waals surface area (Å²) in [7, 11) is 0. The van der Waals surface area contributed by atoms with E-state index in [9.17, 15) is 0 Å². The highest BCUT2D eigenvalue weighted by atomic mass is 79.9. The van der Waals surface area contributed by atoms with E-state index in [1.54, 1.807) is 0 Å². The van der Waals surface area contributed by atoms with Gasteiger partial charge < -0.3 is 0 Å². The highest BCUT2D eigenvalue weighted by molar-refractivity contribution is 9.09. The lowest BCUT2D eigenvalue weighted by molar-refractivity contribution is 0.541. The molecular weight excluding hydrogens is 302 g/mol. The lowest BCUT2D eigenvalue weighted by Gasteiger charge is -2.02. The zero-order valence-corrected chi connectivity index (χ0v) is 12.9. The van der Waals surface area contributed by atoms with Gasteiger partial charge in [-0.25, -0.2) is 0 Å². The molecule has 2 aromatic rings. The van der Waals surface area contributed by atoms with Gasteiger partial charge in [-0.2, -0.15) is 0 Å². The van der Waals surface area contributed by atoms with E-state index in [0.29, 0.717) is 4.83 Å². The van der Waals surface area contributed by atoms with E-state index in [2.05, 4.69) is 63.5 Å². The van der Waals surface area contributed by atoms with Gasteiger partial charge >= 0.3 is 0 Å². The Morgan fingerprint density at radius 2 is 2.00 bits per heavy atom. The Morgan fingerprint density at radius 1 is 1.21 bits per heavy atom. The number of nitrogens with zero attached hydrogens (tertiary/aromatic N) is 3. The Hall–Kier alpha value is -1.16. The van der Waals surface area contributed by atoms with Crippen molar-refractivity contribution in [3.05, 3.63) is 47.8 Å². The maximum Gasteiger partial charge on any atom is 0.0963 e. The molecule has 0 saturated heterocycles. The molecule has 0 saturated carbocycles.